The second-order valence-corrected chi connectivity index (χ2v) is 6.10. The monoisotopic (exact) mass is 315 g/mol. The minimum Gasteiger partial charge on any atom is -0.478 e. The second kappa shape index (κ2) is 5.53. The van der Waals surface area contributed by atoms with Gasteiger partial charge in [-0.3, -0.25) is 0 Å². The highest BCUT2D eigenvalue weighted by Crippen LogP contribution is 2.36. The van der Waals surface area contributed by atoms with E-state index in [2.05, 4.69) is 18.2 Å². The molecule has 0 aromatic heterocycles. The lowest BCUT2D eigenvalue weighted by Gasteiger charge is -2.11. The first-order chi connectivity index (χ1) is 11.6. The van der Waals surface area contributed by atoms with Gasteiger partial charge >= 0.3 is 5.97 Å². The third-order valence-corrected chi connectivity index (χ3v) is 4.70. The van der Waals surface area contributed by atoms with Gasteiger partial charge in [0.05, 0.1) is 5.57 Å². The minimum atomic E-state index is -0.932. The van der Waals surface area contributed by atoms with Crippen LogP contribution in [-0.4, -0.2) is 11.1 Å². The molecular formula is C21H17NO2. The molecule has 1 aliphatic rings. The first-order valence-corrected chi connectivity index (χ1v) is 7.98. The smallest absolute Gasteiger partial charge is 0.336 e. The van der Waals surface area contributed by atoms with Crippen molar-refractivity contribution in [2.24, 2.45) is 0 Å². The van der Waals surface area contributed by atoms with Crippen molar-refractivity contribution in [1.82, 2.24) is 0 Å². The van der Waals surface area contributed by atoms with Gasteiger partial charge in [0.25, 0.3) is 0 Å². The Labute approximate surface area is 140 Å². The quantitative estimate of drug-likeness (QED) is 0.433. The Hall–Kier alpha value is -3.07. The second-order valence-electron chi connectivity index (χ2n) is 6.10. The highest BCUT2D eigenvalue weighted by atomic mass is 16.4. The predicted molar refractivity (Wildman–Crippen MR) is 97.7 cm³/mol. The molecule has 0 unspecified atom stereocenters. The van der Waals surface area contributed by atoms with Crippen molar-refractivity contribution < 1.29 is 9.90 Å². The molecule has 118 valence electrons. The largest absolute Gasteiger partial charge is 0.478 e. The van der Waals surface area contributed by atoms with E-state index in [0.717, 1.165) is 29.5 Å². The van der Waals surface area contributed by atoms with Gasteiger partial charge < -0.3 is 10.8 Å². The lowest BCUT2D eigenvalue weighted by Crippen LogP contribution is -2.03. The average molecular weight is 315 g/mol. The minimum absolute atomic E-state index is 0.293. The Morgan fingerprint density at radius 1 is 1.00 bits per heavy atom. The molecule has 0 saturated carbocycles. The standard InChI is InChI=1S/C21H17NO2/c22-19-7-2-1-4-15(19)12-18(21(23)24)16-10-8-13-5-3-6-14-9-11-17(16)20(13)14/h1-8,10,12H,9,11,22H2,(H,23,24)/b18-12-. The number of carboxylic acid groups (broad SMARTS) is 1. The molecule has 0 aliphatic heterocycles. The number of rotatable bonds is 3. The number of anilines is 1. The fourth-order valence-corrected chi connectivity index (χ4v) is 3.57. The Morgan fingerprint density at radius 2 is 1.83 bits per heavy atom. The summed E-state index contributed by atoms with van der Waals surface area (Å²) in [5, 5.41) is 12.2. The van der Waals surface area contributed by atoms with Crippen LogP contribution in [0.5, 0.6) is 0 Å². The number of carbonyl (C=O) groups is 1. The number of nitrogen functional groups attached to an aromatic ring is 1. The summed E-state index contributed by atoms with van der Waals surface area (Å²) in [6.45, 7) is 0. The maximum absolute atomic E-state index is 11.9. The SMILES string of the molecule is Nc1ccccc1/C=C(\C(=O)O)c1ccc2cccc3c2c1CC3. The van der Waals surface area contributed by atoms with Crippen LogP contribution in [0.4, 0.5) is 5.69 Å². The van der Waals surface area contributed by atoms with Gasteiger partial charge in [-0.25, -0.2) is 4.79 Å². The summed E-state index contributed by atoms with van der Waals surface area (Å²) in [7, 11) is 0. The molecule has 0 heterocycles. The number of hydrogen-bond acceptors (Lipinski definition) is 2. The zero-order valence-corrected chi connectivity index (χ0v) is 13.1. The van der Waals surface area contributed by atoms with Crippen molar-refractivity contribution in [3.8, 4) is 0 Å². The third kappa shape index (κ3) is 2.26. The van der Waals surface area contributed by atoms with Gasteiger partial charge in [0.15, 0.2) is 0 Å². The Bertz CT molecular complexity index is 1000. The van der Waals surface area contributed by atoms with Crippen LogP contribution in [0.15, 0.2) is 54.6 Å². The molecule has 24 heavy (non-hydrogen) atoms. The number of benzene rings is 3. The van der Waals surface area contributed by atoms with Crippen LogP contribution in [0, 0.1) is 0 Å². The van der Waals surface area contributed by atoms with E-state index >= 15 is 0 Å². The van der Waals surface area contributed by atoms with Gasteiger partial charge in [-0.2, -0.15) is 0 Å². The lowest BCUT2D eigenvalue weighted by atomic mass is 9.93. The number of aliphatic carboxylic acids is 1. The first kappa shape index (κ1) is 14.5. The van der Waals surface area contributed by atoms with Crippen LogP contribution >= 0.6 is 0 Å². The number of para-hydroxylation sites is 1. The molecule has 0 saturated heterocycles. The van der Waals surface area contributed by atoms with Crippen LogP contribution in [-0.2, 0) is 17.6 Å². The fourth-order valence-electron chi connectivity index (χ4n) is 3.57. The number of aryl methyl sites for hydroxylation is 2. The fraction of sp³-hybridized carbons (Fsp3) is 0.0952. The maximum Gasteiger partial charge on any atom is 0.336 e. The highest BCUT2D eigenvalue weighted by Gasteiger charge is 2.22. The van der Waals surface area contributed by atoms with Crippen LogP contribution in [0.1, 0.15) is 22.3 Å². The summed E-state index contributed by atoms with van der Waals surface area (Å²) < 4.78 is 0. The van der Waals surface area contributed by atoms with Crippen molar-refractivity contribution in [2.75, 3.05) is 5.73 Å². The molecule has 0 fully saturated rings. The molecule has 3 aromatic rings. The van der Waals surface area contributed by atoms with Crippen LogP contribution in [0.3, 0.4) is 0 Å². The number of carboxylic acids is 1. The summed E-state index contributed by atoms with van der Waals surface area (Å²) in [6, 6.07) is 17.5. The first-order valence-electron chi connectivity index (χ1n) is 7.98. The molecule has 0 bridgehead atoms. The normalized spacial score (nSPS) is 13.4. The molecule has 0 atom stereocenters. The predicted octanol–water partition coefficient (Wildman–Crippen LogP) is 4.15. The van der Waals surface area contributed by atoms with Crippen molar-refractivity contribution in [3.05, 3.63) is 76.9 Å². The van der Waals surface area contributed by atoms with Gasteiger partial charge in [0, 0.05) is 5.69 Å². The highest BCUT2D eigenvalue weighted by molar-refractivity contribution is 6.22. The summed E-state index contributed by atoms with van der Waals surface area (Å²) in [5.74, 6) is -0.932. The molecular weight excluding hydrogens is 298 g/mol. The molecule has 0 spiro atoms. The van der Waals surface area contributed by atoms with E-state index in [1.165, 1.54) is 16.3 Å². The van der Waals surface area contributed by atoms with Crippen molar-refractivity contribution >= 4 is 34.1 Å². The van der Waals surface area contributed by atoms with Crippen molar-refractivity contribution in [1.29, 1.82) is 0 Å². The summed E-state index contributed by atoms with van der Waals surface area (Å²) in [5.41, 5.74) is 10.8. The Kier molecular flexibility index (Phi) is 3.35. The van der Waals surface area contributed by atoms with Gasteiger partial charge in [0.2, 0.25) is 0 Å². The van der Waals surface area contributed by atoms with Crippen molar-refractivity contribution in [3.63, 3.8) is 0 Å². The molecule has 3 nitrogen and oxygen atoms in total. The van der Waals surface area contributed by atoms with E-state index in [-0.39, 0.29) is 0 Å². The van der Waals surface area contributed by atoms with Gasteiger partial charge in [-0.05, 0) is 58.0 Å². The molecule has 0 radical (unpaired) electrons. The maximum atomic E-state index is 11.9. The number of hydrogen-bond donors (Lipinski definition) is 2. The van der Waals surface area contributed by atoms with Crippen LogP contribution in [0.25, 0.3) is 22.4 Å². The molecule has 0 amide bonds. The van der Waals surface area contributed by atoms with Crippen LogP contribution < -0.4 is 5.73 Å². The molecule has 3 heteroatoms. The van der Waals surface area contributed by atoms with E-state index in [1.54, 1.807) is 12.1 Å². The zero-order chi connectivity index (χ0) is 16.7. The summed E-state index contributed by atoms with van der Waals surface area (Å²) in [4.78, 5) is 11.9. The number of nitrogens with two attached hydrogens (primary N) is 1. The van der Waals surface area contributed by atoms with Crippen LogP contribution in [0.2, 0.25) is 0 Å². The molecule has 1 aliphatic carbocycles. The summed E-state index contributed by atoms with van der Waals surface area (Å²) in [6.07, 6.45) is 3.52. The lowest BCUT2D eigenvalue weighted by molar-refractivity contribution is -0.130. The topological polar surface area (TPSA) is 63.3 Å². The molecule has 4 rings (SSSR count). The van der Waals surface area contributed by atoms with Gasteiger partial charge in [-0.15, -0.1) is 0 Å². The summed E-state index contributed by atoms with van der Waals surface area (Å²) >= 11 is 0. The van der Waals surface area contributed by atoms with Gasteiger partial charge in [0.1, 0.15) is 0 Å². The molecule has 3 N–H and O–H groups in total. The van der Waals surface area contributed by atoms with E-state index in [0.29, 0.717) is 11.3 Å². The molecule has 3 aromatic carbocycles. The van der Waals surface area contributed by atoms with E-state index in [4.69, 9.17) is 5.73 Å². The van der Waals surface area contributed by atoms with Crippen molar-refractivity contribution in [2.45, 2.75) is 12.8 Å². The Morgan fingerprint density at radius 3 is 2.62 bits per heavy atom. The van der Waals surface area contributed by atoms with E-state index in [9.17, 15) is 9.90 Å². The zero-order valence-electron chi connectivity index (χ0n) is 13.1. The van der Waals surface area contributed by atoms with Gasteiger partial charge in [-0.1, -0.05) is 48.5 Å². The Balaban J connectivity index is 1.95. The van der Waals surface area contributed by atoms with E-state index < -0.39 is 5.97 Å². The average Bonchev–Trinajstić information content (AvgIpc) is 3.01. The third-order valence-electron chi connectivity index (χ3n) is 4.70. The van der Waals surface area contributed by atoms with E-state index in [1.807, 2.05) is 30.3 Å².